The number of carbonyl (C=O) groups is 4. The summed E-state index contributed by atoms with van der Waals surface area (Å²) in [6.07, 6.45) is 74.9. The number of hydrogen-bond acceptors (Lipinski definition) is 15. The summed E-state index contributed by atoms with van der Waals surface area (Å²) in [7, 11) is -9.93. The van der Waals surface area contributed by atoms with Gasteiger partial charge in [-0.15, -0.1) is 0 Å². The molecule has 0 rings (SSSR count). The highest BCUT2D eigenvalue weighted by molar-refractivity contribution is 7.47. The summed E-state index contributed by atoms with van der Waals surface area (Å²) in [5.74, 6) is -0.488. The van der Waals surface area contributed by atoms with Crippen LogP contribution in [0.5, 0.6) is 0 Å². The van der Waals surface area contributed by atoms with Gasteiger partial charge in [0, 0.05) is 25.7 Å². The summed E-state index contributed by atoms with van der Waals surface area (Å²) in [6, 6.07) is 0. The van der Waals surface area contributed by atoms with Crippen molar-refractivity contribution in [1.29, 1.82) is 0 Å². The molecule has 5 atom stereocenters. The lowest BCUT2D eigenvalue weighted by atomic mass is 10.0. The molecule has 0 fully saturated rings. The van der Waals surface area contributed by atoms with Crippen molar-refractivity contribution in [1.82, 2.24) is 0 Å². The third kappa shape index (κ3) is 83.8. The zero-order valence-electron chi connectivity index (χ0n) is 71.9. The smallest absolute Gasteiger partial charge is 0.462 e. The molecule has 3 N–H and O–H groups in total. The molecule has 0 saturated carbocycles. The van der Waals surface area contributed by atoms with E-state index in [1.807, 2.05) is 0 Å². The van der Waals surface area contributed by atoms with E-state index in [1.165, 1.54) is 302 Å². The molecule has 0 aromatic heterocycles. The van der Waals surface area contributed by atoms with Crippen molar-refractivity contribution in [3.8, 4) is 0 Å². The highest BCUT2D eigenvalue weighted by Crippen LogP contribution is 2.45. The second kappa shape index (κ2) is 81.2. The molecule has 19 heteroatoms. The van der Waals surface area contributed by atoms with Crippen LogP contribution in [0.2, 0.25) is 0 Å². The lowest BCUT2D eigenvalue weighted by molar-refractivity contribution is -0.161. The Hall–Kier alpha value is -1.94. The first-order valence-electron chi connectivity index (χ1n) is 46.5. The van der Waals surface area contributed by atoms with Gasteiger partial charge < -0.3 is 33.8 Å². The van der Waals surface area contributed by atoms with Gasteiger partial charge in [0.15, 0.2) is 12.2 Å². The fourth-order valence-electron chi connectivity index (χ4n) is 14.1. The zero-order valence-corrected chi connectivity index (χ0v) is 73.7. The van der Waals surface area contributed by atoms with Gasteiger partial charge in [-0.25, -0.2) is 9.13 Å². The fourth-order valence-corrected chi connectivity index (χ4v) is 15.7. The highest BCUT2D eigenvalue weighted by atomic mass is 31.2. The van der Waals surface area contributed by atoms with Crippen LogP contribution >= 0.6 is 15.6 Å². The maximum atomic E-state index is 13.2. The van der Waals surface area contributed by atoms with E-state index < -0.39 is 97.5 Å². The van der Waals surface area contributed by atoms with Crippen molar-refractivity contribution in [2.24, 2.45) is 11.8 Å². The van der Waals surface area contributed by atoms with E-state index in [4.69, 9.17) is 37.0 Å². The molecule has 0 aliphatic rings. The minimum Gasteiger partial charge on any atom is -0.462 e. The summed E-state index contributed by atoms with van der Waals surface area (Å²) in [6.45, 7) is 9.76. The molecule has 0 amide bonds. The van der Waals surface area contributed by atoms with Crippen LogP contribution in [0.4, 0.5) is 0 Å². The number of esters is 4. The maximum absolute atomic E-state index is 13.2. The van der Waals surface area contributed by atoms with Crippen molar-refractivity contribution < 1.29 is 80.2 Å². The van der Waals surface area contributed by atoms with E-state index in [9.17, 15) is 43.2 Å². The summed E-state index contributed by atoms with van der Waals surface area (Å²) in [5, 5.41) is 10.7. The monoisotopic (exact) mass is 1590 g/mol. The third-order valence-corrected chi connectivity index (χ3v) is 23.1. The predicted octanol–water partition coefficient (Wildman–Crippen LogP) is 27.8. The Balaban J connectivity index is 5.26. The van der Waals surface area contributed by atoms with E-state index in [1.54, 1.807) is 0 Å². The quantitative estimate of drug-likeness (QED) is 0.0222. The minimum atomic E-state index is -4.97. The van der Waals surface area contributed by atoms with Gasteiger partial charge in [-0.05, 0) is 37.5 Å². The van der Waals surface area contributed by atoms with Crippen LogP contribution in [-0.2, 0) is 65.4 Å². The number of phosphoric ester groups is 2. The number of unbranched alkanes of at least 4 members (excludes halogenated alkanes) is 59. The molecule has 0 aliphatic carbocycles. The largest absolute Gasteiger partial charge is 0.472 e. The standard InChI is InChI=1S/C90H176O17P2/c1-7-9-11-13-15-17-19-21-22-23-24-28-31-37-43-49-55-61-67-73-88(93)101-79-86(106-89(94)74-68-62-56-50-44-38-32-29-26-25-27-30-35-40-46-52-58-64-70-82(3)4)81-105-109(98,99)103-77-84(91)76-102-108(96,97)104-80-85(78-100-87(92)72-66-60-54-48-42-34-20-18-16-14-12-10-8-2)107-90(95)75-69-63-57-51-45-39-33-36-41-47-53-59-65-71-83(5)6/h82-86,91H,7-81H2,1-6H3,(H,96,97)(H,98,99)/t84-,85+,86+/m0/s1. The first kappa shape index (κ1) is 107. The average Bonchev–Trinajstić information content (AvgIpc) is 0.899. The number of carbonyl (C=O) groups excluding carboxylic acids is 4. The van der Waals surface area contributed by atoms with Gasteiger partial charge >= 0.3 is 39.5 Å². The predicted molar refractivity (Wildman–Crippen MR) is 451 cm³/mol. The van der Waals surface area contributed by atoms with Gasteiger partial charge in [0.25, 0.3) is 0 Å². The Morgan fingerprint density at radius 3 is 0.624 bits per heavy atom. The van der Waals surface area contributed by atoms with Gasteiger partial charge in [0.1, 0.15) is 19.3 Å². The van der Waals surface area contributed by atoms with Crippen molar-refractivity contribution in [2.45, 2.75) is 503 Å². The van der Waals surface area contributed by atoms with Gasteiger partial charge in [0.2, 0.25) is 0 Å². The second-order valence-electron chi connectivity index (χ2n) is 33.3. The molecule has 17 nitrogen and oxygen atoms in total. The Kier molecular flexibility index (Phi) is 79.8. The normalized spacial score (nSPS) is 13.8. The number of rotatable bonds is 89. The number of aliphatic hydroxyl groups excluding tert-OH is 1. The molecule has 0 spiro atoms. The van der Waals surface area contributed by atoms with Gasteiger partial charge in [-0.1, -0.05) is 433 Å². The lowest BCUT2D eigenvalue weighted by Crippen LogP contribution is -2.30. The molecule has 0 saturated heterocycles. The topological polar surface area (TPSA) is 237 Å². The Labute approximate surface area is 670 Å². The van der Waals surface area contributed by atoms with Crippen molar-refractivity contribution >= 4 is 39.5 Å². The van der Waals surface area contributed by atoms with Gasteiger partial charge in [-0.3, -0.25) is 37.3 Å². The van der Waals surface area contributed by atoms with E-state index in [0.29, 0.717) is 25.7 Å². The number of ether oxygens (including phenoxy) is 4. The van der Waals surface area contributed by atoms with Gasteiger partial charge in [-0.2, -0.15) is 0 Å². The van der Waals surface area contributed by atoms with Crippen LogP contribution in [0.25, 0.3) is 0 Å². The summed E-state index contributed by atoms with van der Waals surface area (Å²) in [5.41, 5.74) is 0. The van der Waals surface area contributed by atoms with Crippen LogP contribution in [-0.4, -0.2) is 96.7 Å². The molecule has 2 unspecified atom stereocenters. The molecule has 109 heavy (non-hydrogen) atoms. The lowest BCUT2D eigenvalue weighted by Gasteiger charge is -2.21. The first-order valence-corrected chi connectivity index (χ1v) is 49.5. The number of phosphoric acid groups is 2. The van der Waals surface area contributed by atoms with Crippen molar-refractivity contribution in [3.05, 3.63) is 0 Å². The van der Waals surface area contributed by atoms with E-state index >= 15 is 0 Å². The van der Waals surface area contributed by atoms with E-state index in [0.717, 1.165) is 102 Å². The molecule has 0 aromatic carbocycles. The van der Waals surface area contributed by atoms with Crippen LogP contribution in [0.15, 0.2) is 0 Å². The minimum absolute atomic E-state index is 0.108. The molecular formula is C90H176O17P2. The van der Waals surface area contributed by atoms with Gasteiger partial charge in [0.05, 0.1) is 26.4 Å². The molecule has 0 bridgehead atoms. The molecule has 0 aliphatic heterocycles. The zero-order chi connectivity index (χ0) is 79.9. The SMILES string of the molecule is CCCCCCCCCCCCCCCCCCCCCC(=O)OC[C@H](COP(=O)(O)OC[C@@H](O)COP(=O)(O)OC[C@@H](COC(=O)CCCCCCCCCCCCCCC)OC(=O)CCCCCCCCCCCCCCCC(C)C)OC(=O)CCCCCCCCCCCCCCCCCCCCC(C)C. The fraction of sp³-hybridized carbons (Fsp3) is 0.956. The summed E-state index contributed by atoms with van der Waals surface area (Å²) >= 11 is 0. The van der Waals surface area contributed by atoms with Crippen molar-refractivity contribution in [2.75, 3.05) is 39.6 Å². The third-order valence-electron chi connectivity index (χ3n) is 21.2. The summed E-state index contributed by atoms with van der Waals surface area (Å²) in [4.78, 5) is 73.4. The maximum Gasteiger partial charge on any atom is 0.472 e. The Bertz CT molecular complexity index is 2080. The van der Waals surface area contributed by atoms with Crippen LogP contribution in [0, 0.1) is 11.8 Å². The highest BCUT2D eigenvalue weighted by Gasteiger charge is 2.31. The second-order valence-corrected chi connectivity index (χ2v) is 36.2. The Morgan fingerprint density at radius 1 is 0.248 bits per heavy atom. The molecule has 0 heterocycles. The van der Waals surface area contributed by atoms with Crippen LogP contribution in [0.3, 0.4) is 0 Å². The van der Waals surface area contributed by atoms with E-state index in [-0.39, 0.29) is 25.7 Å². The van der Waals surface area contributed by atoms with E-state index in [2.05, 4.69) is 41.5 Å². The number of aliphatic hydroxyl groups is 1. The average molecular weight is 1590 g/mol. The van der Waals surface area contributed by atoms with Crippen molar-refractivity contribution in [3.63, 3.8) is 0 Å². The first-order chi connectivity index (χ1) is 52.9. The molecular weight excluding hydrogens is 1410 g/mol. The van der Waals surface area contributed by atoms with Crippen LogP contribution in [0.1, 0.15) is 485 Å². The number of hydrogen-bond donors (Lipinski definition) is 3. The molecule has 0 radical (unpaired) electrons. The summed E-state index contributed by atoms with van der Waals surface area (Å²) < 4.78 is 69.1. The Morgan fingerprint density at radius 2 is 0.422 bits per heavy atom. The molecule has 0 aromatic rings. The molecule has 648 valence electrons. The van der Waals surface area contributed by atoms with Crippen LogP contribution < -0.4 is 0 Å².